The van der Waals surface area contributed by atoms with Crippen molar-refractivity contribution in [3.05, 3.63) is 70.6 Å². The highest BCUT2D eigenvalue weighted by atomic mass is 32.1. The van der Waals surface area contributed by atoms with Crippen LogP contribution in [-0.4, -0.2) is 39.8 Å². The maximum absolute atomic E-state index is 13.0. The van der Waals surface area contributed by atoms with E-state index in [0.717, 1.165) is 11.1 Å². The molecule has 0 saturated carbocycles. The van der Waals surface area contributed by atoms with Crippen LogP contribution >= 0.6 is 11.3 Å². The Morgan fingerprint density at radius 3 is 2.52 bits per heavy atom. The van der Waals surface area contributed by atoms with Gasteiger partial charge in [-0.15, -0.1) is 11.3 Å². The SMILES string of the molecule is Cc1ncc(C(=O)N2CCC(Cc3ccccc3-c3cccs3)(C(N)=O)CC2)c(C)n1. The first-order valence-corrected chi connectivity index (χ1v) is 11.3. The van der Waals surface area contributed by atoms with Crippen molar-refractivity contribution in [3.8, 4) is 10.4 Å². The number of aryl methyl sites for hydroxylation is 2. The van der Waals surface area contributed by atoms with Crippen LogP contribution in [0.25, 0.3) is 10.4 Å². The van der Waals surface area contributed by atoms with Gasteiger partial charge in [-0.25, -0.2) is 9.97 Å². The third-order valence-corrected chi connectivity index (χ3v) is 7.10. The highest BCUT2D eigenvalue weighted by Crippen LogP contribution is 2.39. The van der Waals surface area contributed by atoms with E-state index in [4.69, 9.17) is 5.73 Å². The van der Waals surface area contributed by atoms with Gasteiger partial charge in [0.1, 0.15) is 5.82 Å². The number of hydrogen-bond acceptors (Lipinski definition) is 5. The average molecular weight is 435 g/mol. The van der Waals surface area contributed by atoms with Gasteiger partial charge in [0.25, 0.3) is 5.91 Å². The minimum absolute atomic E-state index is 0.0884. The number of piperidine rings is 1. The number of amides is 2. The molecule has 160 valence electrons. The molecule has 6 nitrogen and oxygen atoms in total. The number of carbonyl (C=O) groups excluding carboxylic acids is 2. The molecule has 0 radical (unpaired) electrons. The van der Waals surface area contributed by atoms with Crippen molar-refractivity contribution < 1.29 is 9.59 Å². The average Bonchev–Trinajstić information content (AvgIpc) is 3.29. The maximum Gasteiger partial charge on any atom is 0.257 e. The van der Waals surface area contributed by atoms with Crippen molar-refractivity contribution in [2.45, 2.75) is 33.1 Å². The van der Waals surface area contributed by atoms with Gasteiger partial charge in [0, 0.05) is 24.2 Å². The third kappa shape index (κ3) is 4.23. The number of nitrogens with zero attached hydrogens (tertiary/aromatic N) is 3. The molecule has 0 bridgehead atoms. The summed E-state index contributed by atoms with van der Waals surface area (Å²) in [6.45, 7) is 4.59. The summed E-state index contributed by atoms with van der Waals surface area (Å²) in [4.78, 5) is 37.1. The number of nitrogens with two attached hydrogens (primary N) is 1. The van der Waals surface area contributed by atoms with Crippen LogP contribution in [-0.2, 0) is 11.2 Å². The second-order valence-electron chi connectivity index (χ2n) is 8.16. The van der Waals surface area contributed by atoms with Crippen molar-refractivity contribution in [1.29, 1.82) is 0 Å². The van der Waals surface area contributed by atoms with E-state index in [-0.39, 0.29) is 11.8 Å². The molecule has 4 rings (SSSR count). The summed E-state index contributed by atoms with van der Waals surface area (Å²) in [5.41, 5.74) is 8.72. The second kappa shape index (κ2) is 8.59. The Kier molecular flexibility index (Phi) is 5.87. The molecular weight excluding hydrogens is 408 g/mol. The van der Waals surface area contributed by atoms with Crippen molar-refractivity contribution in [2.24, 2.45) is 11.1 Å². The van der Waals surface area contributed by atoms with Crippen molar-refractivity contribution >= 4 is 23.2 Å². The molecule has 3 heterocycles. The Bertz CT molecular complexity index is 1100. The predicted octanol–water partition coefficient (Wildman–Crippen LogP) is 3.77. The zero-order chi connectivity index (χ0) is 22.0. The van der Waals surface area contributed by atoms with Crippen molar-refractivity contribution in [1.82, 2.24) is 14.9 Å². The van der Waals surface area contributed by atoms with E-state index in [1.807, 2.05) is 25.1 Å². The summed E-state index contributed by atoms with van der Waals surface area (Å²) < 4.78 is 0. The van der Waals surface area contributed by atoms with Crippen LogP contribution in [0.1, 0.15) is 40.3 Å². The van der Waals surface area contributed by atoms with E-state index < -0.39 is 5.41 Å². The summed E-state index contributed by atoms with van der Waals surface area (Å²) in [6.07, 6.45) is 3.25. The molecule has 0 unspecified atom stereocenters. The van der Waals surface area contributed by atoms with E-state index in [2.05, 4.69) is 33.5 Å². The Morgan fingerprint density at radius 1 is 1.13 bits per heavy atom. The molecule has 2 N–H and O–H groups in total. The van der Waals surface area contributed by atoms with Crippen LogP contribution in [0.15, 0.2) is 48.0 Å². The standard InChI is InChI=1S/C24H26N4O2S/c1-16-20(15-26-17(2)27-16)22(29)28-11-9-24(10-12-28,23(25)30)14-18-6-3-4-7-19(18)21-8-5-13-31-21/h3-8,13,15H,9-12,14H2,1-2H3,(H2,25,30). The molecular formula is C24H26N4O2S. The maximum atomic E-state index is 13.0. The van der Waals surface area contributed by atoms with Crippen molar-refractivity contribution in [3.63, 3.8) is 0 Å². The smallest absolute Gasteiger partial charge is 0.257 e. The first-order valence-electron chi connectivity index (χ1n) is 10.4. The highest BCUT2D eigenvalue weighted by Gasteiger charge is 2.41. The number of thiophene rings is 1. The quantitative estimate of drug-likeness (QED) is 0.662. The summed E-state index contributed by atoms with van der Waals surface area (Å²) in [5.74, 6) is 0.259. The summed E-state index contributed by atoms with van der Waals surface area (Å²) in [7, 11) is 0. The Balaban J connectivity index is 1.54. The van der Waals surface area contributed by atoms with Crippen molar-refractivity contribution in [2.75, 3.05) is 13.1 Å². The van der Waals surface area contributed by atoms with Gasteiger partial charge in [-0.1, -0.05) is 30.3 Å². The van der Waals surface area contributed by atoms with Crippen LogP contribution in [0.3, 0.4) is 0 Å². The zero-order valence-electron chi connectivity index (χ0n) is 17.8. The van der Waals surface area contributed by atoms with Crippen LogP contribution in [0.4, 0.5) is 0 Å². The molecule has 3 aromatic rings. The zero-order valence-corrected chi connectivity index (χ0v) is 18.6. The fraction of sp³-hybridized carbons (Fsp3) is 0.333. The van der Waals surface area contributed by atoms with Gasteiger partial charge < -0.3 is 10.6 Å². The van der Waals surface area contributed by atoms with Crippen LogP contribution in [0.5, 0.6) is 0 Å². The summed E-state index contributed by atoms with van der Waals surface area (Å²) in [6, 6.07) is 12.3. The molecule has 1 aliphatic heterocycles. The molecule has 7 heteroatoms. The molecule has 31 heavy (non-hydrogen) atoms. The number of benzene rings is 1. The van der Waals surface area contributed by atoms with E-state index >= 15 is 0 Å². The van der Waals surface area contributed by atoms with Gasteiger partial charge in [-0.2, -0.15) is 0 Å². The minimum Gasteiger partial charge on any atom is -0.369 e. The lowest BCUT2D eigenvalue weighted by molar-refractivity contribution is -0.130. The molecule has 2 aromatic heterocycles. The fourth-order valence-electron chi connectivity index (χ4n) is 4.32. The molecule has 2 amide bonds. The fourth-order valence-corrected chi connectivity index (χ4v) is 5.11. The van der Waals surface area contributed by atoms with Gasteiger partial charge >= 0.3 is 0 Å². The second-order valence-corrected chi connectivity index (χ2v) is 9.11. The molecule has 0 atom stereocenters. The number of carbonyl (C=O) groups is 2. The number of aromatic nitrogens is 2. The molecule has 1 fully saturated rings. The minimum atomic E-state index is -0.664. The van der Waals surface area contributed by atoms with Crippen LogP contribution in [0.2, 0.25) is 0 Å². The van der Waals surface area contributed by atoms with Crippen LogP contribution in [0, 0.1) is 19.3 Å². The van der Waals surface area contributed by atoms with Crippen LogP contribution < -0.4 is 5.73 Å². The van der Waals surface area contributed by atoms with Gasteiger partial charge in [0.15, 0.2) is 0 Å². The highest BCUT2D eigenvalue weighted by molar-refractivity contribution is 7.13. The normalized spacial score (nSPS) is 15.6. The Morgan fingerprint density at radius 2 is 1.87 bits per heavy atom. The lowest BCUT2D eigenvalue weighted by Gasteiger charge is -2.40. The lowest BCUT2D eigenvalue weighted by atomic mass is 9.72. The first-order chi connectivity index (χ1) is 14.9. The number of rotatable bonds is 5. The lowest BCUT2D eigenvalue weighted by Crippen LogP contribution is -2.50. The first kappa shape index (κ1) is 21.2. The van der Waals surface area contributed by atoms with E-state index in [1.165, 1.54) is 4.88 Å². The summed E-state index contributed by atoms with van der Waals surface area (Å²) >= 11 is 1.68. The molecule has 0 spiro atoms. The van der Waals surface area contributed by atoms with E-state index in [1.54, 1.807) is 29.4 Å². The molecule has 1 saturated heterocycles. The molecule has 1 aromatic carbocycles. The number of primary amides is 1. The van der Waals surface area contributed by atoms with E-state index in [9.17, 15) is 9.59 Å². The number of hydrogen-bond donors (Lipinski definition) is 1. The van der Waals surface area contributed by atoms with Gasteiger partial charge in [-0.05, 0) is 55.7 Å². The Hall–Kier alpha value is -3.06. The predicted molar refractivity (Wildman–Crippen MR) is 122 cm³/mol. The Labute approximate surface area is 186 Å². The van der Waals surface area contributed by atoms with Gasteiger partial charge in [0.05, 0.1) is 16.7 Å². The summed E-state index contributed by atoms with van der Waals surface area (Å²) in [5, 5.41) is 2.05. The van der Waals surface area contributed by atoms with Gasteiger partial charge in [0.2, 0.25) is 5.91 Å². The number of likely N-dealkylation sites (tertiary alicyclic amines) is 1. The largest absolute Gasteiger partial charge is 0.369 e. The topological polar surface area (TPSA) is 89.2 Å². The molecule has 0 aliphatic carbocycles. The third-order valence-electron chi connectivity index (χ3n) is 6.19. The molecule has 1 aliphatic rings. The van der Waals surface area contributed by atoms with Gasteiger partial charge in [-0.3, -0.25) is 9.59 Å². The van der Waals surface area contributed by atoms with E-state index in [0.29, 0.717) is 49.4 Å². The monoisotopic (exact) mass is 434 g/mol.